The van der Waals surface area contributed by atoms with Crippen LogP contribution in [0.1, 0.15) is 5.82 Å². The Labute approximate surface area is 121 Å². The van der Waals surface area contributed by atoms with Gasteiger partial charge in [0.05, 0.1) is 12.2 Å². The van der Waals surface area contributed by atoms with Crippen molar-refractivity contribution in [3.63, 3.8) is 0 Å². The Morgan fingerprint density at radius 1 is 1.30 bits per heavy atom. The van der Waals surface area contributed by atoms with E-state index in [-0.39, 0.29) is 17.1 Å². The molecule has 0 atom stereocenters. The summed E-state index contributed by atoms with van der Waals surface area (Å²) in [5, 5.41) is 0.344. The van der Waals surface area contributed by atoms with Gasteiger partial charge in [-0.2, -0.15) is 4.31 Å². The summed E-state index contributed by atoms with van der Waals surface area (Å²) in [6.45, 7) is 1.20. The summed E-state index contributed by atoms with van der Waals surface area (Å²) in [5.41, 5.74) is 5.97. The molecule has 1 aromatic carbocycles. The van der Waals surface area contributed by atoms with E-state index in [2.05, 4.69) is 4.98 Å². The van der Waals surface area contributed by atoms with Crippen molar-refractivity contribution in [1.82, 2.24) is 13.9 Å². The number of imidazole rings is 1. The highest BCUT2D eigenvalue weighted by atomic mass is 35.5. The molecule has 0 unspecified atom stereocenters. The molecule has 3 rings (SSSR count). The van der Waals surface area contributed by atoms with Crippen LogP contribution in [0.25, 0.3) is 0 Å². The summed E-state index contributed by atoms with van der Waals surface area (Å²) in [4.78, 5) is 4.20. The number of hydrogen-bond donors (Lipinski definition) is 1. The molecule has 1 aromatic heterocycles. The van der Waals surface area contributed by atoms with Gasteiger partial charge in [0.2, 0.25) is 10.0 Å². The standard InChI is InChI=1S/C12H13ClN4O2S/c13-9-1-2-10(14)11(7-9)20(18,19)17-6-5-16-4-3-15-12(16)8-17/h1-4,7H,5-6,8,14H2. The van der Waals surface area contributed by atoms with Gasteiger partial charge in [0.1, 0.15) is 10.7 Å². The van der Waals surface area contributed by atoms with E-state index in [0.717, 1.165) is 5.82 Å². The maximum Gasteiger partial charge on any atom is 0.245 e. The lowest BCUT2D eigenvalue weighted by Gasteiger charge is -2.27. The molecule has 6 nitrogen and oxygen atoms in total. The second kappa shape index (κ2) is 4.76. The minimum atomic E-state index is -3.67. The van der Waals surface area contributed by atoms with Crippen molar-refractivity contribution < 1.29 is 8.42 Å². The fraction of sp³-hybridized carbons (Fsp3) is 0.250. The highest BCUT2D eigenvalue weighted by Gasteiger charge is 2.30. The van der Waals surface area contributed by atoms with Crippen molar-refractivity contribution in [3.05, 3.63) is 41.4 Å². The molecule has 0 aliphatic carbocycles. The normalized spacial score (nSPS) is 16.1. The summed E-state index contributed by atoms with van der Waals surface area (Å²) in [5.74, 6) is 0.723. The molecule has 20 heavy (non-hydrogen) atoms. The maximum absolute atomic E-state index is 12.6. The number of rotatable bonds is 2. The molecule has 106 valence electrons. The van der Waals surface area contributed by atoms with E-state index in [0.29, 0.717) is 18.1 Å². The first kappa shape index (κ1) is 13.4. The zero-order chi connectivity index (χ0) is 14.3. The maximum atomic E-state index is 12.6. The topological polar surface area (TPSA) is 81.2 Å². The molecule has 8 heteroatoms. The number of fused-ring (bicyclic) bond motifs is 1. The van der Waals surface area contributed by atoms with Crippen LogP contribution in [0.2, 0.25) is 5.02 Å². The smallest absolute Gasteiger partial charge is 0.245 e. The Kier molecular flexibility index (Phi) is 3.19. The summed E-state index contributed by atoms with van der Waals surface area (Å²) >= 11 is 5.87. The van der Waals surface area contributed by atoms with Crippen LogP contribution >= 0.6 is 11.6 Å². The average molecular weight is 313 g/mol. The van der Waals surface area contributed by atoms with Gasteiger partial charge in [0.25, 0.3) is 0 Å². The molecule has 2 N–H and O–H groups in total. The predicted molar refractivity (Wildman–Crippen MR) is 75.7 cm³/mol. The monoisotopic (exact) mass is 312 g/mol. The molecule has 1 aliphatic rings. The third kappa shape index (κ3) is 2.17. The Morgan fingerprint density at radius 2 is 2.10 bits per heavy atom. The number of nitrogens with two attached hydrogens (primary N) is 1. The van der Waals surface area contributed by atoms with Crippen molar-refractivity contribution in [2.24, 2.45) is 0 Å². The second-order valence-electron chi connectivity index (χ2n) is 4.56. The zero-order valence-electron chi connectivity index (χ0n) is 10.5. The molecule has 1 aliphatic heterocycles. The van der Waals surface area contributed by atoms with Crippen molar-refractivity contribution in [2.75, 3.05) is 12.3 Å². The number of sulfonamides is 1. The first-order valence-corrected chi connectivity index (χ1v) is 7.85. The van der Waals surface area contributed by atoms with Crippen LogP contribution in [0.3, 0.4) is 0 Å². The van der Waals surface area contributed by atoms with Gasteiger partial charge >= 0.3 is 0 Å². The zero-order valence-corrected chi connectivity index (χ0v) is 12.1. The van der Waals surface area contributed by atoms with E-state index in [1.807, 2.05) is 10.8 Å². The molecule has 2 aromatic rings. The van der Waals surface area contributed by atoms with Crippen LogP contribution in [0.4, 0.5) is 5.69 Å². The number of hydrogen-bond acceptors (Lipinski definition) is 4. The number of aromatic nitrogens is 2. The third-order valence-corrected chi connectivity index (χ3v) is 5.44. The molecular weight excluding hydrogens is 300 g/mol. The highest BCUT2D eigenvalue weighted by molar-refractivity contribution is 7.89. The third-order valence-electron chi connectivity index (χ3n) is 3.30. The van der Waals surface area contributed by atoms with Crippen LogP contribution in [0, 0.1) is 0 Å². The fourth-order valence-electron chi connectivity index (χ4n) is 2.23. The summed E-state index contributed by atoms with van der Waals surface area (Å²) in [6, 6.07) is 4.45. The van der Waals surface area contributed by atoms with Gasteiger partial charge in [-0.05, 0) is 18.2 Å². The number of benzene rings is 1. The fourth-order valence-corrected chi connectivity index (χ4v) is 3.99. The van der Waals surface area contributed by atoms with Crippen LogP contribution in [0.15, 0.2) is 35.5 Å². The molecule has 0 radical (unpaired) electrons. The summed E-state index contributed by atoms with van der Waals surface area (Å²) < 4.78 is 28.6. The van der Waals surface area contributed by atoms with Crippen LogP contribution < -0.4 is 5.73 Å². The number of anilines is 1. The lowest BCUT2D eigenvalue weighted by Crippen LogP contribution is -2.38. The van der Waals surface area contributed by atoms with Gasteiger partial charge < -0.3 is 10.3 Å². The number of halogens is 1. The first-order valence-electron chi connectivity index (χ1n) is 6.03. The minimum absolute atomic E-state index is 0.0463. The molecular formula is C12H13ClN4O2S. The molecule has 0 saturated heterocycles. The molecule has 0 bridgehead atoms. The lowest BCUT2D eigenvalue weighted by molar-refractivity contribution is 0.335. The van der Waals surface area contributed by atoms with E-state index < -0.39 is 10.0 Å². The Bertz CT molecular complexity index is 757. The quantitative estimate of drug-likeness (QED) is 0.848. The van der Waals surface area contributed by atoms with Crippen molar-refractivity contribution >= 4 is 27.3 Å². The van der Waals surface area contributed by atoms with Crippen molar-refractivity contribution in [1.29, 1.82) is 0 Å². The van der Waals surface area contributed by atoms with Crippen molar-refractivity contribution in [3.8, 4) is 0 Å². The summed E-state index contributed by atoms with van der Waals surface area (Å²) in [6.07, 6.45) is 3.51. The average Bonchev–Trinajstić information content (AvgIpc) is 2.88. The molecule has 0 amide bonds. The second-order valence-corrected chi connectivity index (χ2v) is 6.90. The van der Waals surface area contributed by atoms with Gasteiger partial charge in [0.15, 0.2) is 0 Å². The Morgan fingerprint density at radius 3 is 2.90 bits per heavy atom. The van der Waals surface area contributed by atoms with Crippen LogP contribution in [-0.2, 0) is 23.1 Å². The predicted octanol–water partition coefficient (Wildman–Crippen LogP) is 1.32. The van der Waals surface area contributed by atoms with Crippen LogP contribution in [0.5, 0.6) is 0 Å². The Balaban J connectivity index is 1.99. The van der Waals surface area contributed by atoms with E-state index in [1.54, 1.807) is 12.3 Å². The SMILES string of the molecule is Nc1ccc(Cl)cc1S(=O)(=O)N1CCn2ccnc2C1. The lowest BCUT2D eigenvalue weighted by atomic mass is 10.3. The molecule has 0 fully saturated rings. The van der Waals surface area contributed by atoms with Gasteiger partial charge in [-0.3, -0.25) is 0 Å². The van der Waals surface area contributed by atoms with E-state index in [4.69, 9.17) is 17.3 Å². The minimum Gasteiger partial charge on any atom is -0.398 e. The van der Waals surface area contributed by atoms with E-state index in [9.17, 15) is 8.42 Å². The van der Waals surface area contributed by atoms with Gasteiger partial charge in [-0.1, -0.05) is 11.6 Å². The Hall–Kier alpha value is -1.57. The number of nitrogens with zero attached hydrogens (tertiary/aromatic N) is 3. The molecule has 0 saturated carbocycles. The number of nitrogen functional groups attached to an aromatic ring is 1. The van der Waals surface area contributed by atoms with Gasteiger partial charge in [-0.25, -0.2) is 13.4 Å². The molecule has 0 spiro atoms. The summed E-state index contributed by atoms with van der Waals surface area (Å²) in [7, 11) is -3.67. The van der Waals surface area contributed by atoms with E-state index >= 15 is 0 Å². The van der Waals surface area contributed by atoms with Crippen molar-refractivity contribution in [2.45, 2.75) is 18.0 Å². The van der Waals surface area contributed by atoms with Gasteiger partial charge in [0, 0.05) is 30.5 Å². The largest absolute Gasteiger partial charge is 0.398 e. The van der Waals surface area contributed by atoms with Crippen LogP contribution in [-0.4, -0.2) is 28.8 Å². The molecule has 2 heterocycles. The van der Waals surface area contributed by atoms with Gasteiger partial charge in [-0.15, -0.1) is 0 Å². The first-order chi connectivity index (χ1) is 9.48. The van der Waals surface area contributed by atoms with E-state index in [1.165, 1.54) is 16.4 Å². The highest BCUT2D eigenvalue weighted by Crippen LogP contribution is 2.27.